The molecule has 0 fully saturated rings. The molecule has 0 unspecified atom stereocenters. The third-order valence-electron chi connectivity index (χ3n) is 4.97. The number of nitrogens with zero attached hydrogens (tertiary/aromatic N) is 4. The Morgan fingerprint density at radius 3 is 2.80 bits per heavy atom. The molecule has 2 aromatic heterocycles. The fraction of sp³-hybridized carbons (Fsp3) is 0.227. The topological polar surface area (TPSA) is 61.4 Å². The Balaban J connectivity index is 1.72. The van der Waals surface area contributed by atoms with Crippen LogP contribution in [0.1, 0.15) is 13.3 Å². The number of anilines is 3. The number of hydrogen-bond donors (Lipinski definition) is 1. The van der Waals surface area contributed by atoms with Crippen LogP contribution in [0.15, 0.2) is 54.7 Å². The number of fused-ring (bicyclic) bond motifs is 1. The fourth-order valence-electron chi connectivity index (χ4n) is 3.49. The zero-order valence-electron chi connectivity index (χ0n) is 16.5. The van der Waals surface area contributed by atoms with Gasteiger partial charge in [0.25, 0.3) is 0 Å². The Bertz CT molecular complexity index is 1060. The van der Waals surface area contributed by atoms with E-state index < -0.39 is 5.82 Å². The smallest absolute Gasteiger partial charge is 0.328 e. The van der Waals surface area contributed by atoms with E-state index in [9.17, 15) is 9.18 Å². The van der Waals surface area contributed by atoms with Gasteiger partial charge in [-0.05, 0) is 49.7 Å². The first-order valence-electron chi connectivity index (χ1n) is 9.77. The summed E-state index contributed by atoms with van der Waals surface area (Å²) in [5.74, 6) is 0.400. The maximum atomic E-state index is 13.1. The van der Waals surface area contributed by atoms with E-state index in [0.717, 1.165) is 42.7 Å². The number of aromatic nitrogens is 2. The molecule has 3 heterocycles. The highest BCUT2D eigenvalue weighted by Gasteiger charge is 2.26. The maximum Gasteiger partial charge on any atom is 0.328 e. The number of benzene rings is 1. The fourth-order valence-corrected chi connectivity index (χ4v) is 3.68. The largest absolute Gasteiger partial charge is 0.369 e. The summed E-state index contributed by atoms with van der Waals surface area (Å²) in [6.07, 6.45) is 1.86. The molecule has 4 rings (SSSR count). The molecule has 3 aromatic rings. The van der Waals surface area contributed by atoms with Gasteiger partial charge in [0.2, 0.25) is 0 Å². The number of halogens is 2. The van der Waals surface area contributed by atoms with Crippen molar-refractivity contribution in [1.82, 2.24) is 9.97 Å². The third kappa shape index (κ3) is 4.21. The van der Waals surface area contributed by atoms with Crippen LogP contribution >= 0.6 is 11.6 Å². The van der Waals surface area contributed by atoms with Crippen molar-refractivity contribution in [1.29, 1.82) is 0 Å². The number of carbonyl (C=O) groups is 1. The molecule has 0 bridgehead atoms. The first kappa shape index (κ1) is 20.1. The van der Waals surface area contributed by atoms with Gasteiger partial charge in [-0.3, -0.25) is 10.2 Å². The van der Waals surface area contributed by atoms with Crippen LogP contribution in [0, 0.1) is 5.82 Å². The summed E-state index contributed by atoms with van der Waals surface area (Å²) in [5, 5.41) is 3.36. The normalized spacial score (nSPS) is 13.6. The van der Waals surface area contributed by atoms with E-state index in [2.05, 4.69) is 22.1 Å². The second kappa shape index (κ2) is 8.67. The molecule has 2 amide bonds. The standard InChI is InChI=1S/C22H21ClFN5O/c1-2-28-11-4-12-29(22(30)27-20-10-7-17(24)14-25-20)21-19(28)9-8-18(26-21)15-5-3-6-16(23)13-15/h3,5-10,13-14H,2,4,11-12H2,1H3,(H,25,27,30). The average molecular weight is 426 g/mol. The van der Waals surface area contributed by atoms with Crippen molar-refractivity contribution in [2.24, 2.45) is 0 Å². The summed E-state index contributed by atoms with van der Waals surface area (Å²) in [4.78, 5) is 25.6. The first-order valence-corrected chi connectivity index (χ1v) is 10.1. The monoisotopic (exact) mass is 425 g/mol. The van der Waals surface area contributed by atoms with E-state index in [4.69, 9.17) is 16.6 Å². The van der Waals surface area contributed by atoms with Gasteiger partial charge < -0.3 is 4.90 Å². The van der Waals surface area contributed by atoms with Crippen molar-refractivity contribution >= 4 is 35.0 Å². The Hall–Kier alpha value is -3.19. The maximum absolute atomic E-state index is 13.1. The van der Waals surface area contributed by atoms with Crippen molar-refractivity contribution in [2.45, 2.75) is 13.3 Å². The van der Waals surface area contributed by atoms with E-state index in [1.165, 1.54) is 12.1 Å². The molecule has 0 radical (unpaired) electrons. The van der Waals surface area contributed by atoms with Crippen LogP contribution in [0.4, 0.5) is 26.5 Å². The minimum Gasteiger partial charge on any atom is -0.369 e. The Morgan fingerprint density at radius 2 is 2.07 bits per heavy atom. The van der Waals surface area contributed by atoms with E-state index in [1.54, 1.807) is 4.90 Å². The molecule has 1 aromatic carbocycles. The lowest BCUT2D eigenvalue weighted by molar-refractivity contribution is 0.256. The highest BCUT2D eigenvalue weighted by atomic mass is 35.5. The number of amides is 2. The van der Waals surface area contributed by atoms with Crippen molar-refractivity contribution in [2.75, 3.05) is 34.8 Å². The summed E-state index contributed by atoms with van der Waals surface area (Å²) >= 11 is 6.15. The highest BCUT2D eigenvalue weighted by Crippen LogP contribution is 2.34. The molecule has 6 nitrogen and oxygen atoms in total. The van der Waals surface area contributed by atoms with Crippen molar-refractivity contribution in [3.63, 3.8) is 0 Å². The van der Waals surface area contributed by atoms with Gasteiger partial charge in [0.1, 0.15) is 11.6 Å². The first-order chi connectivity index (χ1) is 14.5. The Kier molecular flexibility index (Phi) is 5.81. The lowest BCUT2D eigenvalue weighted by Gasteiger charge is -2.25. The van der Waals surface area contributed by atoms with E-state index in [0.29, 0.717) is 17.4 Å². The molecule has 1 aliphatic rings. The molecule has 30 heavy (non-hydrogen) atoms. The second-order valence-corrected chi connectivity index (χ2v) is 7.36. The third-order valence-corrected chi connectivity index (χ3v) is 5.21. The van der Waals surface area contributed by atoms with E-state index in [-0.39, 0.29) is 11.8 Å². The molecular formula is C22H21ClFN5O. The molecule has 0 saturated heterocycles. The highest BCUT2D eigenvalue weighted by molar-refractivity contribution is 6.30. The van der Waals surface area contributed by atoms with Crippen molar-refractivity contribution in [3.05, 3.63) is 65.6 Å². The number of hydrogen-bond acceptors (Lipinski definition) is 4. The number of pyridine rings is 2. The van der Waals surface area contributed by atoms with Gasteiger partial charge >= 0.3 is 6.03 Å². The van der Waals surface area contributed by atoms with Crippen molar-refractivity contribution < 1.29 is 9.18 Å². The van der Waals surface area contributed by atoms with Crippen LogP contribution in [0.25, 0.3) is 11.3 Å². The molecule has 0 spiro atoms. The van der Waals surface area contributed by atoms with Gasteiger partial charge in [-0.1, -0.05) is 23.7 Å². The summed E-state index contributed by atoms with van der Waals surface area (Å²) < 4.78 is 13.1. The molecule has 1 aliphatic heterocycles. The zero-order valence-corrected chi connectivity index (χ0v) is 17.2. The van der Waals surface area contributed by atoms with Crippen LogP contribution in [-0.4, -0.2) is 35.6 Å². The molecule has 0 saturated carbocycles. The van der Waals surface area contributed by atoms with Gasteiger partial charge in [0.15, 0.2) is 5.82 Å². The number of urea groups is 1. The van der Waals surface area contributed by atoms with Crippen molar-refractivity contribution in [3.8, 4) is 11.3 Å². The van der Waals surface area contributed by atoms with Crippen LogP contribution in [-0.2, 0) is 0 Å². The summed E-state index contributed by atoms with van der Waals surface area (Å²) in [5.41, 5.74) is 2.49. The quantitative estimate of drug-likeness (QED) is 0.626. The lowest BCUT2D eigenvalue weighted by Crippen LogP contribution is -2.36. The summed E-state index contributed by atoms with van der Waals surface area (Å²) in [6.45, 7) is 4.20. The van der Waals surface area contributed by atoms with E-state index in [1.807, 2.05) is 36.4 Å². The second-order valence-electron chi connectivity index (χ2n) is 6.93. The number of rotatable bonds is 3. The van der Waals surface area contributed by atoms with Gasteiger partial charge in [-0.25, -0.2) is 19.2 Å². The molecular weight excluding hydrogens is 405 g/mol. The summed E-state index contributed by atoms with van der Waals surface area (Å²) in [7, 11) is 0. The van der Waals surface area contributed by atoms with Crippen LogP contribution < -0.4 is 15.1 Å². The minimum atomic E-state index is -0.459. The molecule has 154 valence electrons. The van der Waals surface area contributed by atoms with Gasteiger partial charge in [-0.15, -0.1) is 0 Å². The molecule has 8 heteroatoms. The molecule has 1 N–H and O–H groups in total. The van der Waals surface area contributed by atoms with Gasteiger partial charge in [0, 0.05) is 30.2 Å². The van der Waals surface area contributed by atoms with Crippen LogP contribution in [0.2, 0.25) is 5.02 Å². The lowest BCUT2D eigenvalue weighted by atomic mass is 10.1. The SMILES string of the molecule is CCN1CCCN(C(=O)Nc2ccc(F)cn2)c2nc(-c3cccc(Cl)c3)ccc21. The zero-order chi connectivity index (χ0) is 21.1. The van der Waals surface area contributed by atoms with Crippen LogP contribution in [0.3, 0.4) is 0 Å². The van der Waals surface area contributed by atoms with Gasteiger partial charge in [0.05, 0.1) is 17.6 Å². The van der Waals surface area contributed by atoms with E-state index >= 15 is 0 Å². The number of nitrogens with one attached hydrogen (secondary N) is 1. The number of carbonyl (C=O) groups excluding carboxylic acids is 1. The predicted molar refractivity (Wildman–Crippen MR) is 118 cm³/mol. The van der Waals surface area contributed by atoms with Crippen LogP contribution in [0.5, 0.6) is 0 Å². The minimum absolute atomic E-state index is 0.283. The summed E-state index contributed by atoms with van der Waals surface area (Å²) in [6, 6.07) is 13.7. The Morgan fingerprint density at radius 1 is 1.20 bits per heavy atom. The predicted octanol–water partition coefficient (Wildman–Crippen LogP) is 5.20. The Labute approximate surface area is 179 Å². The molecule has 0 aliphatic carbocycles. The average Bonchev–Trinajstić information content (AvgIpc) is 2.94. The van der Waals surface area contributed by atoms with Gasteiger partial charge in [-0.2, -0.15) is 0 Å². The molecule has 0 atom stereocenters.